The Kier molecular flexibility index (Phi) is 9.83. The average molecular weight is 1190 g/mol. The molecule has 4 nitrogen and oxygen atoms in total. The summed E-state index contributed by atoms with van der Waals surface area (Å²) in [6.45, 7) is 0. The van der Waals surface area contributed by atoms with Crippen molar-refractivity contribution in [1.82, 2.24) is 19.9 Å². The van der Waals surface area contributed by atoms with E-state index in [0.717, 1.165) is 48.6 Å². The van der Waals surface area contributed by atoms with Gasteiger partial charge in [0, 0.05) is 44.3 Å². The molecule has 3 aromatic heterocycles. The van der Waals surface area contributed by atoms with Crippen LogP contribution in [0.2, 0.25) is 0 Å². The Morgan fingerprint density at radius 3 is 0.618 bits per heavy atom. The first-order valence-electron chi connectivity index (χ1n) is 20.1. The number of benzene rings is 4. The lowest BCUT2D eigenvalue weighted by molar-refractivity contribution is 0.359. The van der Waals surface area contributed by atoms with Gasteiger partial charge in [-0.2, -0.15) is 0 Å². The minimum atomic E-state index is -10.9. The van der Waals surface area contributed by atoms with Crippen LogP contribution in [0.25, 0.3) is 90.9 Å². The van der Waals surface area contributed by atoms with Crippen LogP contribution in [-0.2, 0) is 0 Å². The average Bonchev–Trinajstić information content (AvgIpc) is 4.05. The molecule has 0 radical (unpaired) electrons. The van der Waals surface area contributed by atoms with Gasteiger partial charge in [-0.15, -0.1) is 0 Å². The molecule has 2 N–H and O–H groups in total. The molecule has 0 atom stereocenters. The van der Waals surface area contributed by atoms with Gasteiger partial charge in [0.25, 0.3) is 0 Å². The Morgan fingerprint density at radius 1 is 0.263 bits per heavy atom. The van der Waals surface area contributed by atoms with Crippen molar-refractivity contribution in [2.45, 2.75) is 19.6 Å². The van der Waals surface area contributed by atoms with E-state index in [2.05, 4.69) is 19.9 Å². The Bertz CT molecular complexity index is 3510. The van der Waals surface area contributed by atoms with Crippen molar-refractivity contribution in [3.63, 3.8) is 0 Å². The summed E-state index contributed by atoms with van der Waals surface area (Å²) in [7, 11) is -43.6. The first kappa shape index (κ1) is 54.0. The standard InChI is InChI=1S/C44H22F24N4S4/c45-25-9-21(13-29(17-25)73(49,50,51,52)53)41-33-1-2-34(69-33)42(22-10-26(46)18-30(14-22)74(54,55,56,57)58)36-5-6-38(71-36)44(24-12-28(48)20-32(16-24)76(64,65,66,67)68)40-8-7-39(72-40)43(37-4-3-35(41)70-37)23-11-27(47)19-31(15-23)75(59,60,61,62)63/h1-20,69,72H. The summed E-state index contributed by atoms with van der Waals surface area (Å²) in [5.74, 6) is -8.13. The Balaban J connectivity index is 1.54. The molecule has 32 heteroatoms. The molecule has 5 heterocycles. The fourth-order valence-electron chi connectivity index (χ4n) is 8.14. The molecule has 410 valence electrons. The van der Waals surface area contributed by atoms with Crippen LogP contribution in [0.1, 0.15) is 22.8 Å². The molecule has 0 unspecified atom stereocenters. The third-order valence-electron chi connectivity index (χ3n) is 11.2. The van der Waals surface area contributed by atoms with E-state index in [0.29, 0.717) is 0 Å². The molecule has 9 rings (SSSR count). The van der Waals surface area contributed by atoms with Crippen molar-refractivity contribution in [3.05, 3.63) is 143 Å². The number of H-pyrrole nitrogens is 2. The fraction of sp³-hybridized carbons (Fsp3) is 0. The molecule has 0 spiro atoms. The number of hydrogen-bond donors (Lipinski definition) is 2. The Hall–Kier alpha value is -6.80. The lowest BCUT2D eigenvalue weighted by Gasteiger charge is -2.40. The van der Waals surface area contributed by atoms with Crippen LogP contribution in [0.5, 0.6) is 0 Å². The van der Waals surface area contributed by atoms with Gasteiger partial charge in [0.15, 0.2) is 0 Å². The van der Waals surface area contributed by atoms with E-state index >= 15 is 17.6 Å². The van der Waals surface area contributed by atoms with Crippen molar-refractivity contribution in [2.24, 2.45) is 0 Å². The minimum absolute atomic E-state index is 0.194. The van der Waals surface area contributed by atoms with E-state index in [1.807, 2.05) is 0 Å². The highest BCUT2D eigenvalue weighted by atomic mass is 32.5. The van der Waals surface area contributed by atoms with Crippen LogP contribution < -0.4 is 0 Å². The van der Waals surface area contributed by atoms with Crippen LogP contribution in [0.15, 0.2) is 117 Å². The van der Waals surface area contributed by atoms with Gasteiger partial charge in [-0.1, -0.05) is 77.7 Å². The largest absolute Gasteiger partial charge is 0.354 e. The van der Waals surface area contributed by atoms with Crippen molar-refractivity contribution >= 4 is 87.3 Å². The van der Waals surface area contributed by atoms with Crippen LogP contribution >= 0.6 is 40.9 Å². The van der Waals surface area contributed by atoms with Gasteiger partial charge >= 0.3 is 40.9 Å². The normalized spacial score (nSPS) is 17.2. The highest BCUT2D eigenvalue weighted by Crippen LogP contribution is 3.04. The number of rotatable bonds is 8. The first-order valence-corrected chi connectivity index (χ1v) is 27.9. The molecule has 8 bridgehead atoms. The van der Waals surface area contributed by atoms with Crippen molar-refractivity contribution in [1.29, 1.82) is 0 Å². The molecule has 0 fully saturated rings. The van der Waals surface area contributed by atoms with Crippen LogP contribution in [0.3, 0.4) is 0 Å². The molecule has 0 saturated carbocycles. The van der Waals surface area contributed by atoms with Crippen molar-refractivity contribution in [3.8, 4) is 44.5 Å². The van der Waals surface area contributed by atoms with Gasteiger partial charge < -0.3 is 9.97 Å². The van der Waals surface area contributed by atoms with E-state index in [-0.39, 0.29) is 48.5 Å². The smallest absolute Gasteiger partial charge is 0.310 e. The van der Waals surface area contributed by atoms with Crippen molar-refractivity contribution in [2.75, 3.05) is 0 Å². The lowest BCUT2D eigenvalue weighted by Crippen LogP contribution is -2.07. The molecule has 0 aliphatic carbocycles. The van der Waals surface area contributed by atoms with Crippen LogP contribution in [-0.4, -0.2) is 19.9 Å². The highest BCUT2D eigenvalue weighted by molar-refractivity contribution is 8.46. The quantitative estimate of drug-likeness (QED) is 0.149. The first-order chi connectivity index (χ1) is 33.7. The van der Waals surface area contributed by atoms with Crippen molar-refractivity contribution < 1.29 is 95.3 Å². The maximum absolute atomic E-state index is 15.2. The second kappa shape index (κ2) is 13.8. The zero-order valence-corrected chi connectivity index (χ0v) is 39.4. The summed E-state index contributed by atoms with van der Waals surface area (Å²) in [5, 5.41) is 0. The number of nitrogens with one attached hydrogen (secondary N) is 2. The van der Waals surface area contributed by atoms with Crippen LogP contribution in [0.4, 0.5) is 95.3 Å². The van der Waals surface area contributed by atoms with Gasteiger partial charge in [-0.05, 0) is 144 Å². The van der Waals surface area contributed by atoms with Gasteiger partial charge in [0.2, 0.25) is 0 Å². The molecule has 7 aromatic rings. The molecule has 76 heavy (non-hydrogen) atoms. The monoisotopic (exact) mass is 1190 g/mol. The summed E-state index contributed by atoms with van der Waals surface area (Å²) < 4.78 is 348. The summed E-state index contributed by atoms with van der Waals surface area (Å²) in [6.07, 6.45) is 2.88. The molecular weight excluding hydrogens is 1170 g/mol. The van der Waals surface area contributed by atoms with Gasteiger partial charge in [0.1, 0.15) is 42.9 Å². The summed E-state index contributed by atoms with van der Waals surface area (Å²) in [5.41, 5.74) is -15.0. The third kappa shape index (κ3) is 10.8. The van der Waals surface area contributed by atoms with E-state index in [9.17, 15) is 77.7 Å². The number of aromatic nitrogens is 4. The number of aromatic amines is 2. The van der Waals surface area contributed by atoms with Gasteiger partial charge in [-0.3, -0.25) is 0 Å². The zero-order valence-electron chi connectivity index (χ0n) is 36.1. The summed E-state index contributed by atoms with van der Waals surface area (Å²) >= 11 is 0. The SMILES string of the molecule is Fc1cc(-c2c3nc(c(-c4cc(F)cc(S(F)(F)(F)(F)F)c4)c4ccc([nH]4)c(-c4cc(F)cc(S(F)(F)(F)(F)F)c4)c4nc(c(-c5cc(F)cc(S(F)(F)(F)(F)F)c5)c5ccc2[nH]5)C=C4)C=C3)cc(S(F)(F)(F)(F)F)c1. The molecule has 4 aromatic carbocycles. The summed E-state index contributed by atoms with van der Waals surface area (Å²) in [4.78, 5) is 1.46. The number of fused-ring (bicyclic) bond motifs is 8. The molecular formula is C44H22F24N4S4. The maximum Gasteiger partial charge on any atom is 0.310 e. The molecule has 2 aliphatic rings. The number of hydrogen-bond acceptors (Lipinski definition) is 2. The zero-order chi connectivity index (χ0) is 56.5. The van der Waals surface area contributed by atoms with E-state index < -0.39 is 197 Å². The predicted molar refractivity (Wildman–Crippen MR) is 246 cm³/mol. The minimum Gasteiger partial charge on any atom is -0.354 e. The topological polar surface area (TPSA) is 57.4 Å². The highest BCUT2D eigenvalue weighted by Gasteiger charge is 2.68. The van der Waals surface area contributed by atoms with Gasteiger partial charge in [-0.25, -0.2) is 27.5 Å². The molecule has 0 saturated heterocycles. The van der Waals surface area contributed by atoms with E-state index in [1.165, 1.54) is 0 Å². The molecule has 0 amide bonds. The second-order valence-corrected chi connectivity index (χ2v) is 26.7. The number of nitrogens with zero attached hydrogens (tertiary/aromatic N) is 2. The maximum atomic E-state index is 15.2. The lowest BCUT2D eigenvalue weighted by atomic mass is 10.0. The van der Waals surface area contributed by atoms with E-state index in [4.69, 9.17) is 0 Å². The Morgan fingerprint density at radius 2 is 0.447 bits per heavy atom. The summed E-state index contributed by atoms with van der Waals surface area (Å²) in [6, 6.07) is -0.0371. The number of halogens is 24. The third-order valence-corrected chi connectivity index (χ3v) is 15.7. The fourth-order valence-corrected chi connectivity index (χ4v) is 10.9. The second-order valence-electron chi connectivity index (χ2n) is 17.1. The Labute approximate surface area is 408 Å². The van der Waals surface area contributed by atoms with Crippen LogP contribution in [0, 0.1) is 23.3 Å². The van der Waals surface area contributed by atoms with Gasteiger partial charge in [0.05, 0.1) is 22.8 Å². The molecule has 2 aliphatic heterocycles. The predicted octanol–water partition coefficient (Wildman–Crippen LogP) is 22.5. The van der Waals surface area contributed by atoms with E-state index in [1.54, 1.807) is 0 Å².